The lowest BCUT2D eigenvalue weighted by Gasteiger charge is -2.24. The lowest BCUT2D eigenvalue weighted by molar-refractivity contribution is -0.139. The number of aliphatic hydroxyl groups is 2. The Morgan fingerprint density at radius 2 is 1.79 bits per heavy atom. The molecule has 6 heteroatoms. The Kier molecular flexibility index (Phi) is 6.24. The Balaban J connectivity index is 2.62. The molecule has 0 heterocycles. The van der Waals surface area contributed by atoms with Gasteiger partial charge in [-0.25, -0.2) is 4.39 Å². The monoisotopic (exact) mass is 271 g/mol. The molecule has 0 aliphatic carbocycles. The molecular formula is C13H18FNO4. The van der Waals surface area contributed by atoms with Gasteiger partial charge in [-0.15, -0.1) is 0 Å². The Bertz CT molecular complexity index is 390. The highest BCUT2D eigenvalue weighted by Gasteiger charge is 2.21. The first-order chi connectivity index (χ1) is 9.08. The van der Waals surface area contributed by atoms with Crippen molar-refractivity contribution in [1.82, 2.24) is 4.90 Å². The molecule has 5 nitrogen and oxygen atoms in total. The molecule has 1 aromatic carbocycles. The number of amides is 1. The molecule has 1 atom stereocenters. The van der Waals surface area contributed by atoms with Crippen LogP contribution in [0.2, 0.25) is 0 Å². The van der Waals surface area contributed by atoms with Crippen LogP contribution in [0.15, 0.2) is 24.3 Å². The third-order valence-corrected chi connectivity index (χ3v) is 2.53. The minimum absolute atomic E-state index is 0.135. The van der Waals surface area contributed by atoms with Crippen LogP contribution in [0.4, 0.5) is 4.39 Å². The Labute approximate surface area is 111 Å². The lowest BCUT2D eigenvalue weighted by atomic mass is 10.3. The van der Waals surface area contributed by atoms with E-state index in [1.807, 2.05) is 0 Å². The molecule has 0 saturated carbocycles. The number of carbonyl (C=O) groups excluding carboxylic acids is 1. The van der Waals surface area contributed by atoms with Gasteiger partial charge in [-0.2, -0.15) is 0 Å². The van der Waals surface area contributed by atoms with Gasteiger partial charge in [0.05, 0.1) is 13.2 Å². The van der Waals surface area contributed by atoms with Gasteiger partial charge in [0.15, 0.2) is 6.10 Å². The number of rotatable bonds is 7. The molecule has 1 rings (SSSR count). The third kappa shape index (κ3) is 4.84. The minimum Gasteiger partial charge on any atom is -0.481 e. The number of halogens is 1. The van der Waals surface area contributed by atoms with Crippen molar-refractivity contribution < 1.29 is 24.1 Å². The molecule has 19 heavy (non-hydrogen) atoms. The van der Waals surface area contributed by atoms with Crippen molar-refractivity contribution in [3.63, 3.8) is 0 Å². The average Bonchev–Trinajstić information content (AvgIpc) is 2.40. The van der Waals surface area contributed by atoms with Gasteiger partial charge in [0.1, 0.15) is 11.6 Å². The van der Waals surface area contributed by atoms with Crippen molar-refractivity contribution in [2.45, 2.75) is 13.0 Å². The highest BCUT2D eigenvalue weighted by atomic mass is 19.1. The first-order valence-corrected chi connectivity index (χ1v) is 6.01. The summed E-state index contributed by atoms with van der Waals surface area (Å²) in [7, 11) is 0. The maximum atomic E-state index is 12.7. The summed E-state index contributed by atoms with van der Waals surface area (Å²) in [5.74, 6) is -0.337. The molecule has 1 aromatic rings. The fraction of sp³-hybridized carbons (Fsp3) is 0.462. The van der Waals surface area contributed by atoms with Crippen LogP contribution in [-0.2, 0) is 4.79 Å². The molecule has 1 amide bonds. The molecule has 0 fully saturated rings. The van der Waals surface area contributed by atoms with E-state index in [4.69, 9.17) is 14.9 Å². The zero-order valence-corrected chi connectivity index (χ0v) is 10.8. The largest absolute Gasteiger partial charge is 0.481 e. The fourth-order valence-electron chi connectivity index (χ4n) is 1.60. The van der Waals surface area contributed by atoms with E-state index in [-0.39, 0.29) is 38.0 Å². The summed E-state index contributed by atoms with van der Waals surface area (Å²) in [4.78, 5) is 13.3. The van der Waals surface area contributed by atoms with Gasteiger partial charge in [-0.1, -0.05) is 0 Å². The van der Waals surface area contributed by atoms with Gasteiger partial charge in [0, 0.05) is 13.1 Å². The number of carbonyl (C=O) groups is 1. The summed E-state index contributed by atoms with van der Waals surface area (Å²) in [6, 6.07) is 5.35. The van der Waals surface area contributed by atoms with Gasteiger partial charge >= 0.3 is 0 Å². The van der Waals surface area contributed by atoms with E-state index >= 15 is 0 Å². The molecule has 0 radical (unpaired) electrons. The summed E-state index contributed by atoms with van der Waals surface area (Å²) in [5, 5.41) is 17.7. The summed E-state index contributed by atoms with van der Waals surface area (Å²) in [6.07, 6.45) is -0.774. The van der Waals surface area contributed by atoms with Crippen LogP contribution < -0.4 is 4.74 Å². The lowest BCUT2D eigenvalue weighted by Crippen LogP contribution is -2.43. The maximum Gasteiger partial charge on any atom is 0.263 e. The van der Waals surface area contributed by atoms with Gasteiger partial charge < -0.3 is 19.8 Å². The van der Waals surface area contributed by atoms with Crippen LogP contribution in [-0.4, -0.2) is 53.4 Å². The highest BCUT2D eigenvalue weighted by Crippen LogP contribution is 2.13. The molecule has 0 saturated heterocycles. The van der Waals surface area contributed by atoms with Crippen molar-refractivity contribution in [3.05, 3.63) is 30.1 Å². The molecule has 0 aromatic heterocycles. The van der Waals surface area contributed by atoms with Gasteiger partial charge in [0.25, 0.3) is 5.91 Å². The van der Waals surface area contributed by atoms with Gasteiger partial charge in [-0.05, 0) is 31.2 Å². The summed E-state index contributed by atoms with van der Waals surface area (Å²) < 4.78 is 18.1. The summed E-state index contributed by atoms with van der Waals surface area (Å²) >= 11 is 0. The van der Waals surface area contributed by atoms with Crippen molar-refractivity contribution in [3.8, 4) is 5.75 Å². The predicted octanol–water partition coefficient (Wildman–Crippen LogP) is 0.406. The van der Waals surface area contributed by atoms with Crippen molar-refractivity contribution >= 4 is 5.91 Å². The highest BCUT2D eigenvalue weighted by molar-refractivity contribution is 5.80. The van der Waals surface area contributed by atoms with E-state index in [0.29, 0.717) is 5.75 Å². The van der Waals surface area contributed by atoms with Crippen LogP contribution in [0.25, 0.3) is 0 Å². The zero-order chi connectivity index (χ0) is 14.3. The number of nitrogens with zero attached hydrogens (tertiary/aromatic N) is 1. The van der Waals surface area contributed by atoms with E-state index < -0.39 is 6.10 Å². The average molecular weight is 271 g/mol. The molecule has 1 unspecified atom stereocenters. The maximum absolute atomic E-state index is 12.7. The molecule has 2 N–H and O–H groups in total. The third-order valence-electron chi connectivity index (χ3n) is 2.53. The molecule has 0 aliphatic heterocycles. The number of aliphatic hydroxyl groups excluding tert-OH is 2. The van der Waals surface area contributed by atoms with E-state index in [2.05, 4.69) is 0 Å². The quantitative estimate of drug-likeness (QED) is 0.753. The number of hydrogen-bond donors (Lipinski definition) is 2. The molecule has 0 aliphatic rings. The smallest absolute Gasteiger partial charge is 0.263 e. The van der Waals surface area contributed by atoms with Gasteiger partial charge in [-0.3, -0.25) is 4.79 Å². The first-order valence-electron chi connectivity index (χ1n) is 6.01. The van der Waals surface area contributed by atoms with Crippen LogP contribution in [0.5, 0.6) is 5.75 Å². The van der Waals surface area contributed by atoms with Crippen LogP contribution in [0.3, 0.4) is 0 Å². The molecule has 0 spiro atoms. The Morgan fingerprint density at radius 3 is 2.26 bits per heavy atom. The fourth-order valence-corrected chi connectivity index (χ4v) is 1.60. The standard InChI is InChI=1S/C13H18FNO4/c1-10(13(18)15(6-8-16)7-9-17)19-12-4-2-11(14)3-5-12/h2-5,10,16-17H,6-9H2,1H3. The second-order valence-corrected chi connectivity index (χ2v) is 3.99. The topological polar surface area (TPSA) is 70.0 Å². The second kappa shape index (κ2) is 7.70. The Hall–Kier alpha value is -1.66. The van der Waals surface area contributed by atoms with Crippen LogP contribution in [0.1, 0.15) is 6.92 Å². The van der Waals surface area contributed by atoms with Crippen LogP contribution in [0, 0.1) is 5.82 Å². The molecular weight excluding hydrogens is 253 g/mol. The second-order valence-electron chi connectivity index (χ2n) is 3.99. The van der Waals surface area contributed by atoms with Crippen molar-refractivity contribution in [2.75, 3.05) is 26.3 Å². The number of ether oxygens (including phenoxy) is 1. The molecule has 106 valence electrons. The zero-order valence-electron chi connectivity index (χ0n) is 10.8. The SMILES string of the molecule is CC(Oc1ccc(F)cc1)C(=O)N(CCO)CCO. The van der Waals surface area contributed by atoms with Gasteiger partial charge in [0.2, 0.25) is 0 Å². The van der Waals surface area contributed by atoms with E-state index in [0.717, 1.165) is 0 Å². The van der Waals surface area contributed by atoms with Crippen LogP contribution >= 0.6 is 0 Å². The van der Waals surface area contributed by atoms with E-state index in [1.54, 1.807) is 6.92 Å². The Morgan fingerprint density at radius 1 is 1.26 bits per heavy atom. The normalized spacial score (nSPS) is 12.0. The minimum atomic E-state index is -0.774. The van der Waals surface area contributed by atoms with Crippen molar-refractivity contribution in [1.29, 1.82) is 0 Å². The first kappa shape index (κ1) is 15.4. The summed E-state index contributed by atoms with van der Waals surface area (Å²) in [5.41, 5.74) is 0. The van der Waals surface area contributed by atoms with E-state index in [1.165, 1.54) is 29.2 Å². The molecule has 0 bridgehead atoms. The number of benzene rings is 1. The number of hydrogen-bond acceptors (Lipinski definition) is 4. The predicted molar refractivity (Wildman–Crippen MR) is 67.2 cm³/mol. The van der Waals surface area contributed by atoms with Crippen molar-refractivity contribution in [2.24, 2.45) is 0 Å². The summed E-state index contributed by atoms with van der Waals surface area (Å²) in [6.45, 7) is 1.46. The van der Waals surface area contributed by atoms with E-state index in [9.17, 15) is 9.18 Å².